The van der Waals surface area contributed by atoms with Crippen molar-refractivity contribution >= 4 is 21.8 Å². The van der Waals surface area contributed by atoms with Crippen molar-refractivity contribution < 1.29 is 0 Å². The second-order valence-corrected chi connectivity index (χ2v) is 14.1. The minimum Gasteiger partial charge on any atom is -0.309 e. The van der Waals surface area contributed by atoms with E-state index in [1.807, 2.05) is 0 Å². The van der Waals surface area contributed by atoms with Crippen molar-refractivity contribution in [3.8, 4) is 50.2 Å². The molecule has 0 aliphatic heterocycles. The van der Waals surface area contributed by atoms with Crippen molar-refractivity contribution in [2.24, 2.45) is 0 Å². The van der Waals surface area contributed by atoms with Crippen LogP contribution in [0.5, 0.6) is 0 Å². The smallest absolute Gasteiger partial charge is 0.0541 e. The third-order valence-corrected chi connectivity index (χ3v) is 11.2. The van der Waals surface area contributed by atoms with Crippen molar-refractivity contribution in [1.82, 2.24) is 4.57 Å². The highest BCUT2D eigenvalue weighted by Crippen LogP contribution is 2.51. The van der Waals surface area contributed by atoms with E-state index in [-0.39, 0.29) is 5.92 Å². The van der Waals surface area contributed by atoms with Crippen molar-refractivity contribution in [3.05, 3.63) is 211 Å². The number of rotatable bonds is 5. The van der Waals surface area contributed by atoms with Crippen molar-refractivity contribution in [3.63, 3.8) is 0 Å². The first-order valence-corrected chi connectivity index (χ1v) is 18.3. The van der Waals surface area contributed by atoms with E-state index in [4.69, 9.17) is 0 Å². The molecule has 2 atom stereocenters. The fourth-order valence-corrected chi connectivity index (χ4v) is 8.73. The first kappa shape index (κ1) is 30.4. The van der Waals surface area contributed by atoms with Gasteiger partial charge in [0.15, 0.2) is 0 Å². The van der Waals surface area contributed by atoms with Crippen molar-refractivity contribution in [2.75, 3.05) is 0 Å². The summed E-state index contributed by atoms with van der Waals surface area (Å²) in [5, 5.41) is 2.55. The molecule has 0 N–H and O–H groups in total. The molecule has 1 aromatic heterocycles. The molecule has 8 aromatic carbocycles. The topological polar surface area (TPSA) is 4.93 Å². The monoisotopic (exact) mass is 663 g/mol. The molecule has 52 heavy (non-hydrogen) atoms. The second kappa shape index (κ2) is 12.4. The van der Waals surface area contributed by atoms with E-state index in [1.165, 1.54) is 88.7 Å². The summed E-state index contributed by atoms with van der Waals surface area (Å²) in [4.78, 5) is 0. The second-order valence-electron chi connectivity index (χ2n) is 14.1. The largest absolute Gasteiger partial charge is 0.309 e. The lowest BCUT2D eigenvalue weighted by atomic mass is 9.69. The Hall–Kier alpha value is -6.44. The molecule has 9 aromatic rings. The fourth-order valence-electron chi connectivity index (χ4n) is 8.73. The molecule has 1 aliphatic rings. The van der Waals surface area contributed by atoms with Gasteiger partial charge in [-0.25, -0.2) is 0 Å². The fraction of sp³-hybridized carbons (Fsp3) is 0.0588. The summed E-state index contributed by atoms with van der Waals surface area (Å²) in [6, 6.07) is 71.5. The first-order chi connectivity index (χ1) is 25.7. The molecule has 0 spiro atoms. The van der Waals surface area contributed by atoms with E-state index < -0.39 is 0 Å². The van der Waals surface area contributed by atoms with Gasteiger partial charge in [-0.2, -0.15) is 0 Å². The zero-order chi connectivity index (χ0) is 34.6. The zero-order valence-corrected chi connectivity index (χ0v) is 29.1. The van der Waals surface area contributed by atoms with Gasteiger partial charge in [0.2, 0.25) is 0 Å². The summed E-state index contributed by atoms with van der Waals surface area (Å²) in [5.41, 5.74) is 18.0. The molecule has 1 heterocycles. The van der Waals surface area contributed by atoms with Gasteiger partial charge in [0.05, 0.1) is 11.0 Å². The third-order valence-electron chi connectivity index (χ3n) is 11.2. The Morgan fingerprint density at radius 2 is 0.962 bits per heavy atom. The lowest BCUT2D eigenvalue weighted by molar-refractivity contribution is 0.650. The predicted molar refractivity (Wildman–Crippen MR) is 219 cm³/mol. The van der Waals surface area contributed by atoms with E-state index in [1.54, 1.807) is 0 Å². The summed E-state index contributed by atoms with van der Waals surface area (Å²) < 4.78 is 2.38. The molecule has 1 heteroatoms. The Balaban J connectivity index is 1.05. The molecule has 1 aliphatic carbocycles. The molecule has 0 fully saturated rings. The van der Waals surface area contributed by atoms with Gasteiger partial charge < -0.3 is 4.57 Å². The van der Waals surface area contributed by atoms with Gasteiger partial charge in [-0.15, -0.1) is 0 Å². The molecule has 0 bridgehead atoms. The summed E-state index contributed by atoms with van der Waals surface area (Å²) in [6.07, 6.45) is 0. The predicted octanol–water partition coefficient (Wildman–Crippen LogP) is 13.7. The average Bonchev–Trinajstić information content (AvgIpc) is 3.55. The molecule has 246 valence electrons. The molecule has 0 radical (unpaired) electrons. The number of hydrogen-bond acceptors (Lipinski definition) is 0. The van der Waals surface area contributed by atoms with Crippen LogP contribution in [0.2, 0.25) is 0 Å². The van der Waals surface area contributed by atoms with Crippen LogP contribution in [0.1, 0.15) is 35.4 Å². The lowest BCUT2D eigenvalue weighted by Gasteiger charge is -2.34. The standard InChI is InChI=1S/C51H37N/c1-34-43-28-26-39(40-27-29-50-48(33-40)45-23-10-11-25-49(45)52(50)42-20-6-3-7-21-42)32-47(43)44-22-8-9-24-46(44)51(34)41-19-13-18-38(31-41)37-17-12-16-36(30-37)35-14-4-2-5-15-35/h2-34,51H,1H3. The molecule has 0 amide bonds. The van der Waals surface area contributed by atoms with Crippen LogP contribution in [0.3, 0.4) is 0 Å². The molecule has 0 saturated heterocycles. The van der Waals surface area contributed by atoms with E-state index in [0.717, 1.165) is 0 Å². The van der Waals surface area contributed by atoms with Crippen LogP contribution in [0.25, 0.3) is 72.0 Å². The van der Waals surface area contributed by atoms with Crippen LogP contribution in [-0.4, -0.2) is 4.57 Å². The summed E-state index contributed by atoms with van der Waals surface area (Å²) in [6.45, 7) is 2.41. The normalized spacial score (nSPS) is 15.0. The summed E-state index contributed by atoms with van der Waals surface area (Å²) in [5.74, 6) is 0.573. The van der Waals surface area contributed by atoms with Crippen LogP contribution in [0.15, 0.2) is 194 Å². The van der Waals surface area contributed by atoms with Crippen LogP contribution in [-0.2, 0) is 0 Å². The van der Waals surface area contributed by atoms with E-state index in [0.29, 0.717) is 5.92 Å². The molecule has 0 saturated carbocycles. The summed E-state index contributed by atoms with van der Waals surface area (Å²) in [7, 11) is 0. The zero-order valence-electron chi connectivity index (χ0n) is 29.1. The highest BCUT2D eigenvalue weighted by atomic mass is 15.0. The number of benzene rings is 8. The van der Waals surface area contributed by atoms with Crippen LogP contribution in [0, 0.1) is 0 Å². The first-order valence-electron chi connectivity index (χ1n) is 18.3. The van der Waals surface area contributed by atoms with Crippen LogP contribution in [0.4, 0.5) is 0 Å². The molecule has 10 rings (SSSR count). The molecular weight excluding hydrogens is 627 g/mol. The maximum atomic E-state index is 2.43. The average molecular weight is 664 g/mol. The molecule has 1 nitrogen and oxygen atoms in total. The maximum Gasteiger partial charge on any atom is 0.0541 e. The van der Waals surface area contributed by atoms with E-state index in [9.17, 15) is 0 Å². The maximum absolute atomic E-state index is 2.43. The van der Waals surface area contributed by atoms with Gasteiger partial charge in [0.1, 0.15) is 0 Å². The number of para-hydroxylation sites is 2. The summed E-state index contributed by atoms with van der Waals surface area (Å²) >= 11 is 0. The van der Waals surface area contributed by atoms with Crippen LogP contribution < -0.4 is 0 Å². The Labute approximate surface area is 305 Å². The van der Waals surface area contributed by atoms with Gasteiger partial charge in [-0.1, -0.05) is 159 Å². The molecular formula is C51H37N. The Morgan fingerprint density at radius 3 is 1.81 bits per heavy atom. The molecule has 2 unspecified atom stereocenters. The Morgan fingerprint density at radius 1 is 0.365 bits per heavy atom. The number of aromatic nitrogens is 1. The van der Waals surface area contributed by atoms with Crippen LogP contribution >= 0.6 is 0 Å². The SMILES string of the molecule is CC1c2ccc(-c3ccc4c(c3)c3ccccc3n4-c3ccccc3)cc2-c2ccccc2C1c1cccc(-c2cccc(-c3ccccc3)c2)c1. The number of hydrogen-bond donors (Lipinski definition) is 0. The quantitative estimate of drug-likeness (QED) is 0.173. The minimum absolute atomic E-state index is 0.257. The Kier molecular flexibility index (Phi) is 7.25. The van der Waals surface area contributed by atoms with E-state index in [2.05, 4.69) is 206 Å². The van der Waals surface area contributed by atoms with Gasteiger partial charge in [0.25, 0.3) is 0 Å². The van der Waals surface area contributed by atoms with Gasteiger partial charge in [-0.3, -0.25) is 0 Å². The lowest BCUT2D eigenvalue weighted by Crippen LogP contribution is -2.17. The number of nitrogens with zero attached hydrogens (tertiary/aromatic N) is 1. The van der Waals surface area contributed by atoms with Crippen molar-refractivity contribution in [1.29, 1.82) is 0 Å². The number of fused-ring (bicyclic) bond motifs is 6. The third kappa shape index (κ3) is 5.00. The Bertz CT molecular complexity index is 2750. The van der Waals surface area contributed by atoms with Gasteiger partial charge in [-0.05, 0) is 110 Å². The highest BCUT2D eigenvalue weighted by molar-refractivity contribution is 6.10. The highest BCUT2D eigenvalue weighted by Gasteiger charge is 2.32. The van der Waals surface area contributed by atoms with Crippen molar-refractivity contribution in [2.45, 2.75) is 18.8 Å². The van der Waals surface area contributed by atoms with E-state index >= 15 is 0 Å². The van der Waals surface area contributed by atoms with Gasteiger partial charge in [0, 0.05) is 22.4 Å². The minimum atomic E-state index is 0.257. The van der Waals surface area contributed by atoms with Gasteiger partial charge >= 0.3 is 0 Å².